The fourth-order valence-electron chi connectivity index (χ4n) is 2.51. The lowest BCUT2D eigenvalue weighted by Gasteiger charge is -2.08. The molecule has 0 radical (unpaired) electrons. The van der Waals surface area contributed by atoms with Crippen LogP contribution in [0.2, 0.25) is 5.02 Å². The van der Waals surface area contributed by atoms with Crippen molar-refractivity contribution >= 4 is 23.2 Å². The highest BCUT2D eigenvalue weighted by molar-refractivity contribution is 6.31. The van der Waals surface area contributed by atoms with Crippen LogP contribution < -0.4 is 14.8 Å². The Morgan fingerprint density at radius 1 is 1.12 bits per heavy atom. The molecular formula is C19H18ClN3O3. The molecule has 0 spiro atoms. The molecule has 6 nitrogen and oxygen atoms in total. The number of carbonyl (C=O) groups is 1. The number of aryl methyl sites for hydroxylation is 1. The molecule has 134 valence electrons. The number of aromatic nitrogens is 2. The molecular weight excluding hydrogens is 354 g/mol. The van der Waals surface area contributed by atoms with Gasteiger partial charge >= 0.3 is 0 Å². The largest absolute Gasteiger partial charge is 0.497 e. The molecule has 0 aliphatic heterocycles. The number of H-pyrrole nitrogens is 1. The van der Waals surface area contributed by atoms with Gasteiger partial charge in [0.2, 0.25) is 0 Å². The summed E-state index contributed by atoms with van der Waals surface area (Å²) in [6.45, 7) is 1.88. The van der Waals surface area contributed by atoms with Crippen LogP contribution >= 0.6 is 11.6 Å². The minimum absolute atomic E-state index is 0.294. The molecule has 2 aromatic carbocycles. The predicted molar refractivity (Wildman–Crippen MR) is 101 cm³/mol. The number of amides is 1. The lowest BCUT2D eigenvalue weighted by Crippen LogP contribution is -2.12. The van der Waals surface area contributed by atoms with Gasteiger partial charge in [-0.3, -0.25) is 9.89 Å². The summed E-state index contributed by atoms with van der Waals surface area (Å²) in [7, 11) is 3.16. The first-order valence-electron chi connectivity index (χ1n) is 7.87. The monoisotopic (exact) mass is 371 g/mol. The van der Waals surface area contributed by atoms with Gasteiger partial charge in [-0.15, -0.1) is 0 Å². The maximum absolute atomic E-state index is 12.4. The lowest BCUT2D eigenvalue weighted by molar-refractivity contribution is 0.102. The van der Waals surface area contributed by atoms with E-state index in [4.69, 9.17) is 21.1 Å². The Kier molecular flexibility index (Phi) is 5.14. The quantitative estimate of drug-likeness (QED) is 0.700. The van der Waals surface area contributed by atoms with Gasteiger partial charge < -0.3 is 14.8 Å². The van der Waals surface area contributed by atoms with Gasteiger partial charge in [0, 0.05) is 22.3 Å². The predicted octanol–water partition coefficient (Wildman–Crippen LogP) is 4.31. The zero-order valence-corrected chi connectivity index (χ0v) is 15.3. The summed E-state index contributed by atoms with van der Waals surface area (Å²) in [6.07, 6.45) is 0. The Bertz CT molecular complexity index is 953. The molecule has 0 atom stereocenters. The molecule has 2 N–H and O–H groups in total. The van der Waals surface area contributed by atoms with Crippen molar-refractivity contribution in [1.29, 1.82) is 0 Å². The van der Waals surface area contributed by atoms with Crippen molar-refractivity contribution < 1.29 is 14.3 Å². The molecule has 1 amide bonds. The molecule has 3 aromatic rings. The van der Waals surface area contributed by atoms with E-state index < -0.39 is 0 Å². The average Bonchev–Trinajstić information content (AvgIpc) is 3.14. The number of aromatic amines is 1. The van der Waals surface area contributed by atoms with Gasteiger partial charge in [-0.05, 0) is 48.9 Å². The van der Waals surface area contributed by atoms with E-state index in [9.17, 15) is 4.79 Å². The van der Waals surface area contributed by atoms with E-state index in [1.165, 1.54) is 0 Å². The van der Waals surface area contributed by atoms with Gasteiger partial charge in [-0.25, -0.2) is 0 Å². The van der Waals surface area contributed by atoms with Crippen LogP contribution in [0.3, 0.4) is 0 Å². The number of nitrogens with one attached hydrogen (secondary N) is 2. The fraction of sp³-hybridized carbons (Fsp3) is 0.158. The zero-order valence-electron chi connectivity index (χ0n) is 14.6. The van der Waals surface area contributed by atoms with Gasteiger partial charge in [0.15, 0.2) is 0 Å². The summed E-state index contributed by atoms with van der Waals surface area (Å²) < 4.78 is 10.6. The third kappa shape index (κ3) is 3.65. The van der Waals surface area contributed by atoms with Crippen LogP contribution in [0.1, 0.15) is 16.1 Å². The molecule has 0 unspecified atom stereocenters. The Labute approximate surface area is 156 Å². The number of methoxy groups -OCH3 is 2. The van der Waals surface area contributed by atoms with Crippen LogP contribution in [0.5, 0.6) is 11.5 Å². The second kappa shape index (κ2) is 7.49. The summed E-state index contributed by atoms with van der Waals surface area (Å²) >= 11 is 6.01. The molecule has 0 bridgehead atoms. The first-order valence-corrected chi connectivity index (χ1v) is 8.25. The van der Waals surface area contributed by atoms with E-state index in [0.29, 0.717) is 33.6 Å². The van der Waals surface area contributed by atoms with E-state index in [-0.39, 0.29) is 5.91 Å². The Morgan fingerprint density at radius 2 is 1.92 bits per heavy atom. The maximum Gasteiger partial charge on any atom is 0.273 e. The molecule has 7 heteroatoms. The maximum atomic E-state index is 12.4. The molecule has 26 heavy (non-hydrogen) atoms. The van der Waals surface area contributed by atoms with E-state index in [1.807, 2.05) is 25.1 Å². The van der Waals surface area contributed by atoms with Crippen molar-refractivity contribution in [2.45, 2.75) is 6.92 Å². The van der Waals surface area contributed by atoms with Gasteiger partial charge in [-0.1, -0.05) is 11.6 Å². The number of ether oxygens (including phenoxy) is 2. The van der Waals surface area contributed by atoms with Crippen molar-refractivity contribution in [2.24, 2.45) is 0 Å². The number of nitrogens with zero attached hydrogens (tertiary/aromatic N) is 1. The summed E-state index contributed by atoms with van der Waals surface area (Å²) in [5.74, 6) is 0.992. The van der Waals surface area contributed by atoms with Crippen LogP contribution in [0.4, 0.5) is 5.69 Å². The summed E-state index contributed by atoms with van der Waals surface area (Å²) in [5.41, 5.74) is 3.24. The van der Waals surface area contributed by atoms with Gasteiger partial charge in [0.25, 0.3) is 5.91 Å². The van der Waals surface area contributed by atoms with Crippen LogP contribution in [-0.4, -0.2) is 30.3 Å². The number of benzene rings is 2. The summed E-state index contributed by atoms with van der Waals surface area (Å²) in [4.78, 5) is 12.4. The molecule has 0 aliphatic carbocycles. The molecule has 1 heterocycles. The number of anilines is 1. The van der Waals surface area contributed by atoms with Gasteiger partial charge in [0.1, 0.15) is 17.2 Å². The number of rotatable bonds is 5. The molecule has 1 aromatic heterocycles. The number of carbonyl (C=O) groups excluding carboxylic acids is 1. The van der Waals surface area contributed by atoms with E-state index in [1.54, 1.807) is 38.5 Å². The fourth-order valence-corrected chi connectivity index (χ4v) is 2.62. The lowest BCUT2D eigenvalue weighted by atomic mass is 10.1. The molecule has 0 aliphatic rings. The first-order chi connectivity index (χ1) is 12.5. The second-order valence-electron chi connectivity index (χ2n) is 5.65. The minimum atomic E-state index is -0.294. The van der Waals surface area contributed by atoms with E-state index in [2.05, 4.69) is 15.5 Å². The third-order valence-corrected chi connectivity index (χ3v) is 4.35. The molecule has 0 saturated heterocycles. The van der Waals surface area contributed by atoms with Crippen LogP contribution in [-0.2, 0) is 0 Å². The Balaban J connectivity index is 1.83. The standard InChI is InChI=1S/C19H18ClN3O3/c1-11-8-12(4-7-15(11)20)21-19(24)17-10-16(22-23-17)14-6-5-13(25-2)9-18(14)26-3/h4-10H,1-3H3,(H,21,24)(H,22,23). The summed E-state index contributed by atoms with van der Waals surface area (Å²) in [5, 5.41) is 10.4. The third-order valence-electron chi connectivity index (χ3n) is 3.92. The number of halogens is 1. The second-order valence-corrected chi connectivity index (χ2v) is 6.06. The van der Waals surface area contributed by atoms with Crippen molar-refractivity contribution in [3.8, 4) is 22.8 Å². The molecule has 0 saturated carbocycles. The van der Waals surface area contributed by atoms with Crippen molar-refractivity contribution in [1.82, 2.24) is 10.2 Å². The van der Waals surface area contributed by atoms with Gasteiger partial charge in [0.05, 0.1) is 19.9 Å². The van der Waals surface area contributed by atoms with Crippen LogP contribution in [0, 0.1) is 6.92 Å². The van der Waals surface area contributed by atoms with Gasteiger partial charge in [-0.2, -0.15) is 5.10 Å². The van der Waals surface area contributed by atoms with E-state index >= 15 is 0 Å². The zero-order chi connectivity index (χ0) is 18.7. The normalized spacial score (nSPS) is 10.5. The van der Waals surface area contributed by atoms with Crippen LogP contribution in [0.15, 0.2) is 42.5 Å². The Hall–Kier alpha value is -2.99. The highest BCUT2D eigenvalue weighted by atomic mass is 35.5. The molecule has 0 fully saturated rings. The van der Waals surface area contributed by atoms with Crippen LogP contribution in [0.25, 0.3) is 11.3 Å². The topological polar surface area (TPSA) is 76.2 Å². The summed E-state index contributed by atoms with van der Waals surface area (Å²) in [6, 6.07) is 12.4. The SMILES string of the molecule is COc1ccc(-c2cc(C(=O)Nc3ccc(Cl)c(C)c3)[nH]n2)c(OC)c1. The molecule has 3 rings (SSSR count). The van der Waals surface area contributed by atoms with E-state index in [0.717, 1.165) is 11.1 Å². The minimum Gasteiger partial charge on any atom is -0.497 e. The first kappa shape index (κ1) is 17.8. The van der Waals surface area contributed by atoms with Crippen molar-refractivity contribution in [3.05, 3.63) is 58.7 Å². The van der Waals surface area contributed by atoms with Crippen molar-refractivity contribution in [3.63, 3.8) is 0 Å². The smallest absolute Gasteiger partial charge is 0.273 e. The highest BCUT2D eigenvalue weighted by Gasteiger charge is 2.15. The highest BCUT2D eigenvalue weighted by Crippen LogP contribution is 2.32. The van der Waals surface area contributed by atoms with Crippen molar-refractivity contribution in [2.75, 3.05) is 19.5 Å². The number of hydrogen-bond acceptors (Lipinski definition) is 4. The Morgan fingerprint density at radius 3 is 2.62 bits per heavy atom. The average molecular weight is 372 g/mol. The number of hydrogen-bond donors (Lipinski definition) is 2.